The van der Waals surface area contributed by atoms with Gasteiger partial charge in [-0.15, -0.1) is 0 Å². The van der Waals surface area contributed by atoms with E-state index in [1.807, 2.05) is 30.3 Å². The SMILES string of the molecule is O=C(Nc1cccc(Cl)c1)C1C(c2cccc(Cl)c2F)CNC1c1ccccc1.O=CNC1CCOCC1. The van der Waals surface area contributed by atoms with E-state index >= 15 is 0 Å². The molecule has 2 aliphatic heterocycles. The van der Waals surface area contributed by atoms with Crippen molar-refractivity contribution < 1.29 is 18.7 Å². The maximum Gasteiger partial charge on any atom is 0.230 e. The Morgan fingerprint density at radius 2 is 1.74 bits per heavy atom. The van der Waals surface area contributed by atoms with Gasteiger partial charge in [0, 0.05) is 48.5 Å². The summed E-state index contributed by atoms with van der Waals surface area (Å²) in [6, 6.07) is 21.7. The van der Waals surface area contributed by atoms with E-state index in [1.54, 1.807) is 36.4 Å². The number of amides is 2. The lowest BCUT2D eigenvalue weighted by molar-refractivity contribution is -0.120. The largest absolute Gasteiger partial charge is 0.381 e. The van der Waals surface area contributed by atoms with E-state index in [-0.39, 0.29) is 22.9 Å². The highest BCUT2D eigenvalue weighted by Crippen LogP contribution is 2.42. The molecule has 3 unspecified atom stereocenters. The molecule has 2 amide bonds. The van der Waals surface area contributed by atoms with Gasteiger partial charge in [-0.05, 0) is 48.2 Å². The number of anilines is 1. The third-order valence-corrected chi connectivity index (χ3v) is 7.34. The first-order chi connectivity index (χ1) is 18.5. The van der Waals surface area contributed by atoms with Crippen LogP contribution in [-0.2, 0) is 14.3 Å². The van der Waals surface area contributed by atoms with Crippen molar-refractivity contribution in [3.05, 3.63) is 99.8 Å². The molecule has 6 nitrogen and oxygen atoms in total. The highest BCUT2D eigenvalue weighted by molar-refractivity contribution is 6.31. The van der Waals surface area contributed by atoms with Crippen LogP contribution in [0.3, 0.4) is 0 Å². The second-order valence-corrected chi connectivity index (χ2v) is 10.1. The second kappa shape index (κ2) is 13.7. The first kappa shape index (κ1) is 28.0. The first-order valence-corrected chi connectivity index (χ1v) is 13.3. The van der Waals surface area contributed by atoms with Crippen LogP contribution in [0.4, 0.5) is 10.1 Å². The molecule has 5 rings (SSSR count). The van der Waals surface area contributed by atoms with Crippen molar-refractivity contribution in [2.24, 2.45) is 5.92 Å². The van der Waals surface area contributed by atoms with E-state index in [1.165, 1.54) is 6.07 Å². The average Bonchev–Trinajstić information content (AvgIpc) is 3.37. The van der Waals surface area contributed by atoms with Crippen LogP contribution in [0.15, 0.2) is 72.8 Å². The van der Waals surface area contributed by atoms with Crippen molar-refractivity contribution in [1.29, 1.82) is 0 Å². The summed E-state index contributed by atoms with van der Waals surface area (Å²) in [6.07, 6.45) is 2.67. The number of nitrogens with one attached hydrogen (secondary N) is 3. The number of carbonyl (C=O) groups is 2. The monoisotopic (exact) mass is 557 g/mol. The molecule has 3 aromatic rings. The standard InChI is InChI=1S/C23H19Cl2FN2O.C6H11NO2/c24-15-8-4-9-16(12-15)28-23(29)20-18(17-10-5-11-19(25)21(17)26)13-27-22(20)14-6-2-1-3-7-14;8-5-7-6-1-3-9-4-2-6/h1-12,18,20,22,27H,13H2,(H,28,29);5-6H,1-4H2,(H,7,8). The maximum atomic E-state index is 14.8. The van der Waals surface area contributed by atoms with Crippen LogP contribution < -0.4 is 16.0 Å². The summed E-state index contributed by atoms with van der Waals surface area (Å²) in [5.74, 6) is -1.56. The van der Waals surface area contributed by atoms with Crippen LogP contribution in [-0.4, -0.2) is 38.1 Å². The Morgan fingerprint density at radius 3 is 2.45 bits per heavy atom. The zero-order valence-electron chi connectivity index (χ0n) is 20.7. The molecule has 2 aliphatic rings. The maximum absolute atomic E-state index is 14.8. The van der Waals surface area contributed by atoms with Gasteiger partial charge in [-0.2, -0.15) is 0 Å². The Kier molecular flexibility index (Phi) is 10.1. The molecular weight excluding hydrogens is 528 g/mol. The van der Waals surface area contributed by atoms with Gasteiger partial charge >= 0.3 is 0 Å². The molecule has 0 aromatic heterocycles. The van der Waals surface area contributed by atoms with Gasteiger partial charge in [-0.25, -0.2) is 4.39 Å². The molecule has 0 aliphatic carbocycles. The Bertz CT molecular complexity index is 1220. The van der Waals surface area contributed by atoms with E-state index < -0.39 is 11.7 Å². The molecule has 0 spiro atoms. The van der Waals surface area contributed by atoms with Gasteiger partial charge in [-0.1, -0.05) is 71.7 Å². The smallest absolute Gasteiger partial charge is 0.230 e. The van der Waals surface area contributed by atoms with Gasteiger partial charge in [0.15, 0.2) is 0 Å². The number of rotatable bonds is 6. The van der Waals surface area contributed by atoms with Crippen LogP contribution in [0.25, 0.3) is 0 Å². The lowest BCUT2D eigenvalue weighted by Gasteiger charge is -2.24. The van der Waals surface area contributed by atoms with E-state index in [0.29, 0.717) is 28.9 Å². The van der Waals surface area contributed by atoms with Gasteiger partial charge < -0.3 is 20.7 Å². The highest BCUT2D eigenvalue weighted by Gasteiger charge is 2.43. The van der Waals surface area contributed by atoms with Crippen LogP contribution in [0.1, 0.15) is 35.9 Å². The lowest BCUT2D eigenvalue weighted by atomic mass is 9.82. The molecule has 3 N–H and O–H groups in total. The van der Waals surface area contributed by atoms with E-state index in [9.17, 15) is 14.0 Å². The Morgan fingerprint density at radius 1 is 1.00 bits per heavy atom. The Hall–Kier alpha value is -2.97. The third kappa shape index (κ3) is 7.11. The number of benzene rings is 3. The zero-order chi connectivity index (χ0) is 26.9. The fourth-order valence-corrected chi connectivity index (χ4v) is 5.29. The molecule has 9 heteroatoms. The summed E-state index contributed by atoms with van der Waals surface area (Å²) >= 11 is 12.1. The molecule has 200 valence electrons. The minimum atomic E-state index is -0.524. The molecule has 2 heterocycles. The first-order valence-electron chi connectivity index (χ1n) is 12.5. The minimum absolute atomic E-state index is 0.0552. The van der Waals surface area contributed by atoms with Gasteiger partial charge in [-0.3, -0.25) is 9.59 Å². The summed E-state index contributed by atoms with van der Waals surface area (Å²) in [6.45, 7) is 2.03. The lowest BCUT2D eigenvalue weighted by Crippen LogP contribution is -2.33. The van der Waals surface area contributed by atoms with Crippen LogP contribution in [0.5, 0.6) is 0 Å². The predicted molar refractivity (Wildman–Crippen MR) is 148 cm³/mol. The quantitative estimate of drug-likeness (QED) is 0.338. The van der Waals surface area contributed by atoms with Gasteiger partial charge in [0.25, 0.3) is 0 Å². The fraction of sp³-hybridized carbons (Fsp3) is 0.310. The van der Waals surface area contributed by atoms with Crippen molar-refractivity contribution in [3.63, 3.8) is 0 Å². The molecule has 0 radical (unpaired) electrons. The van der Waals surface area contributed by atoms with Crippen LogP contribution in [0.2, 0.25) is 10.0 Å². The summed E-state index contributed by atoms with van der Waals surface area (Å²) < 4.78 is 19.9. The Balaban J connectivity index is 0.000000317. The molecule has 2 fully saturated rings. The van der Waals surface area contributed by atoms with E-state index in [4.69, 9.17) is 27.9 Å². The van der Waals surface area contributed by atoms with Gasteiger partial charge in [0.05, 0.1) is 10.9 Å². The molecular formula is C29H30Cl2FN3O3. The van der Waals surface area contributed by atoms with Crippen molar-refractivity contribution in [2.45, 2.75) is 30.8 Å². The normalized spacial score (nSPS) is 21.2. The predicted octanol–water partition coefficient (Wildman–Crippen LogP) is 5.73. The molecule has 38 heavy (non-hydrogen) atoms. The minimum Gasteiger partial charge on any atom is -0.381 e. The number of ether oxygens (including phenoxy) is 1. The number of hydrogen-bond acceptors (Lipinski definition) is 4. The number of halogens is 3. The van der Waals surface area contributed by atoms with E-state index in [2.05, 4.69) is 16.0 Å². The number of carbonyl (C=O) groups excluding carboxylic acids is 2. The summed E-state index contributed by atoms with van der Waals surface area (Å²) in [5, 5.41) is 9.65. The van der Waals surface area contributed by atoms with Crippen LogP contribution >= 0.6 is 23.2 Å². The molecule has 3 aromatic carbocycles. The molecule has 0 bridgehead atoms. The highest BCUT2D eigenvalue weighted by atomic mass is 35.5. The van der Waals surface area contributed by atoms with Crippen molar-refractivity contribution >= 4 is 41.2 Å². The number of hydrogen-bond donors (Lipinski definition) is 3. The topological polar surface area (TPSA) is 79.5 Å². The van der Waals surface area contributed by atoms with E-state index in [0.717, 1.165) is 38.0 Å². The molecule has 3 atom stereocenters. The fourth-order valence-electron chi connectivity index (χ4n) is 4.92. The molecule has 0 saturated carbocycles. The zero-order valence-corrected chi connectivity index (χ0v) is 22.2. The van der Waals surface area contributed by atoms with Crippen LogP contribution in [0, 0.1) is 11.7 Å². The third-order valence-electron chi connectivity index (χ3n) is 6.81. The summed E-state index contributed by atoms with van der Waals surface area (Å²) in [4.78, 5) is 23.3. The second-order valence-electron chi connectivity index (χ2n) is 9.24. The van der Waals surface area contributed by atoms with Gasteiger partial charge in [0.2, 0.25) is 12.3 Å². The molecule has 2 saturated heterocycles. The summed E-state index contributed by atoms with van der Waals surface area (Å²) in [7, 11) is 0. The van der Waals surface area contributed by atoms with Gasteiger partial charge in [0.1, 0.15) is 5.82 Å². The van der Waals surface area contributed by atoms with Crippen molar-refractivity contribution in [2.75, 3.05) is 25.1 Å². The van der Waals surface area contributed by atoms with Crippen molar-refractivity contribution in [3.8, 4) is 0 Å². The summed E-state index contributed by atoms with van der Waals surface area (Å²) in [5.41, 5.74) is 2.02. The van der Waals surface area contributed by atoms with Crippen molar-refractivity contribution in [1.82, 2.24) is 10.6 Å². The average molecular weight is 558 g/mol. The Labute approximate surface area is 231 Å².